The number of primary amides is 1. The van der Waals surface area contributed by atoms with Crippen LogP contribution in [0.2, 0.25) is 0 Å². The Morgan fingerprint density at radius 2 is 1.89 bits per heavy atom. The van der Waals surface area contributed by atoms with Crippen molar-refractivity contribution in [2.75, 3.05) is 25.9 Å². The molecule has 1 fully saturated rings. The fourth-order valence-electron chi connectivity index (χ4n) is 4.30. The molecule has 196 valence electrons. The van der Waals surface area contributed by atoms with Crippen molar-refractivity contribution >= 4 is 17.5 Å². The summed E-state index contributed by atoms with van der Waals surface area (Å²) in [5, 5.41) is 0. The largest absolute Gasteiger partial charge is 0.493 e. The predicted octanol–water partition coefficient (Wildman–Crippen LogP) is 3.54. The van der Waals surface area contributed by atoms with Gasteiger partial charge in [-0.05, 0) is 25.1 Å². The summed E-state index contributed by atoms with van der Waals surface area (Å²) in [5.74, 6) is -8.07. The number of anilines is 1. The quantitative estimate of drug-likeness (QED) is 0.445. The number of alkyl halides is 3. The van der Waals surface area contributed by atoms with Crippen LogP contribution in [0.5, 0.6) is 5.75 Å². The fraction of sp³-hybridized carbons (Fsp3) is 0.435. The molecule has 2 aromatic rings. The number of rotatable bonds is 7. The number of halogens is 5. The Bertz CT molecular complexity index is 1160. The first-order valence-corrected chi connectivity index (χ1v) is 10.6. The van der Waals surface area contributed by atoms with Crippen LogP contribution in [0, 0.1) is 17.6 Å². The number of carbonyl (C=O) groups excluding carboxylic acids is 2. The zero-order valence-corrected chi connectivity index (χ0v) is 19.7. The lowest BCUT2D eigenvalue weighted by Crippen LogP contribution is -2.48. The third kappa shape index (κ3) is 4.60. The van der Waals surface area contributed by atoms with E-state index in [9.17, 15) is 31.5 Å². The summed E-state index contributed by atoms with van der Waals surface area (Å²) in [4.78, 5) is 30.0. The SMILES string of the molecule is COCN(C(=O)[C@@H]1O[C@@](C)(C(F)(F)F)C(C)[C@H]1c1ccc(F)c(F)c1OC)c1ccnc(C(N)=O)c1. The zero-order chi connectivity index (χ0) is 27.0. The Morgan fingerprint density at radius 3 is 2.44 bits per heavy atom. The number of amides is 2. The molecule has 1 saturated heterocycles. The summed E-state index contributed by atoms with van der Waals surface area (Å²) < 4.78 is 86.3. The Morgan fingerprint density at radius 1 is 1.22 bits per heavy atom. The second-order valence-corrected chi connectivity index (χ2v) is 8.39. The van der Waals surface area contributed by atoms with Gasteiger partial charge in [-0.25, -0.2) is 4.39 Å². The average Bonchev–Trinajstić information content (AvgIpc) is 3.10. The number of ether oxygens (including phenoxy) is 3. The molecule has 4 atom stereocenters. The highest BCUT2D eigenvalue weighted by atomic mass is 19.4. The normalized spacial score (nSPS) is 24.0. The topological polar surface area (TPSA) is 104 Å². The van der Waals surface area contributed by atoms with Crippen molar-refractivity contribution in [3.05, 3.63) is 53.4 Å². The molecule has 1 aliphatic heterocycles. The molecule has 1 aliphatic rings. The van der Waals surface area contributed by atoms with E-state index in [0.717, 1.165) is 37.1 Å². The summed E-state index contributed by atoms with van der Waals surface area (Å²) in [5.41, 5.74) is 2.07. The van der Waals surface area contributed by atoms with Crippen molar-refractivity contribution in [1.29, 1.82) is 0 Å². The van der Waals surface area contributed by atoms with Gasteiger partial charge in [-0.15, -0.1) is 0 Å². The van der Waals surface area contributed by atoms with Crippen molar-refractivity contribution in [2.45, 2.75) is 37.6 Å². The van der Waals surface area contributed by atoms with Crippen LogP contribution in [-0.2, 0) is 14.3 Å². The number of hydrogen-bond acceptors (Lipinski definition) is 6. The molecule has 1 aromatic heterocycles. The van der Waals surface area contributed by atoms with E-state index in [4.69, 9.17) is 19.9 Å². The van der Waals surface area contributed by atoms with Gasteiger partial charge in [-0.2, -0.15) is 17.6 Å². The maximum absolute atomic E-state index is 14.5. The fourth-order valence-corrected chi connectivity index (χ4v) is 4.30. The summed E-state index contributed by atoms with van der Waals surface area (Å²) in [6, 6.07) is 4.27. The van der Waals surface area contributed by atoms with Gasteiger partial charge in [0.15, 0.2) is 17.2 Å². The van der Waals surface area contributed by atoms with Gasteiger partial charge in [0.25, 0.3) is 11.8 Å². The van der Waals surface area contributed by atoms with E-state index in [1.165, 1.54) is 26.3 Å². The summed E-state index contributed by atoms with van der Waals surface area (Å²) in [7, 11) is 2.27. The molecule has 3 rings (SSSR count). The van der Waals surface area contributed by atoms with Crippen LogP contribution in [0.25, 0.3) is 0 Å². The zero-order valence-electron chi connectivity index (χ0n) is 19.7. The van der Waals surface area contributed by atoms with Crippen LogP contribution in [-0.4, -0.2) is 55.6 Å². The molecule has 2 N–H and O–H groups in total. The van der Waals surface area contributed by atoms with Crippen LogP contribution in [0.4, 0.5) is 27.6 Å². The molecule has 36 heavy (non-hydrogen) atoms. The molecule has 0 radical (unpaired) electrons. The van der Waals surface area contributed by atoms with Crippen LogP contribution in [0.3, 0.4) is 0 Å². The van der Waals surface area contributed by atoms with Crippen LogP contribution in [0.15, 0.2) is 30.5 Å². The van der Waals surface area contributed by atoms with Gasteiger partial charge in [-0.3, -0.25) is 19.5 Å². The van der Waals surface area contributed by atoms with E-state index in [0.29, 0.717) is 0 Å². The molecule has 0 saturated carbocycles. The molecule has 0 bridgehead atoms. The standard InChI is InChI=1S/C23H24F5N3O5/c1-11-16(13-5-6-14(24)17(25)18(13)35-4)19(36-22(11,2)23(26,27)28)21(33)31(10-34-3)12-7-8-30-15(9-12)20(29)32/h5-9,11,16,19H,10H2,1-4H3,(H2,29,32)/t11?,16-,19+,22+/m0/s1. The van der Waals surface area contributed by atoms with Gasteiger partial charge in [-0.1, -0.05) is 13.0 Å². The number of benzene rings is 1. The third-order valence-electron chi connectivity index (χ3n) is 6.39. The number of nitrogens with zero attached hydrogens (tertiary/aromatic N) is 2. The van der Waals surface area contributed by atoms with Crippen molar-refractivity contribution in [3.63, 3.8) is 0 Å². The van der Waals surface area contributed by atoms with Gasteiger partial charge in [0, 0.05) is 36.4 Å². The number of carbonyl (C=O) groups is 2. The van der Waals surface area contributed by atoms with Crippen LogP contribution in [0.1, 0.15) is 35.8 Å². The smallest absolute Gasteiger partial charge is 0.417 e. The van der Waals surface area contributed by atoms with Crippen molar-refractivity contribution in [3.8, 4) is 5.75 Å². The number of pyridine rings is 1. The lowest BCUT2D eigenvalue weighted by atomic mass is 9.76. The van der Waals surface area contributed by atoms with Crippen LogP contribution >= 0.6 is 0 Å². The Labute approximate surface area is 203 Å². The highest BCUT2D eigenvalue weighted by Gasteiger charge is 2.66. The number of hydrogen-bond donors (Lipinski definition) is 1. The van der Waals surface area contributed by atoms with E-state index in [2.05, 4.69) is 4.98 Å². The molecule has 8 nitrogen and oxygen atoms in total. The predicted molar refractivity (Wildman–Crippen MR) is 116 cm³/mol. The van der Waals surface area contributed by atoms with Crippen molar-refractivity contribution in [1.82, 2.24) is 4.98 Å². The van der Waals surface area contributed by atoms with Crippen LogP contribution < -0.4 is 15.4 Å². The summed E-state index contributed by atoms with van der Waals surface area (Å²) in [6.45, 7) is 1.53. The Balaban J connectivity index is 2.18. The van der Waals surface area contributed by atoms with Gasteiger partial charge in [0.2, 0.25) is 5.82 Å². The Kier molecular flexibility index (Phi) is 7.55. The minimum absolute atomic E-state index is 0.0403. The molecule has 2 heterocycles. The lowest BCUT2D eigenvalue weighted by molar-refractivity contribution is -0.272. The van der Waals surface area contributed by atoms with E-state index >= 15 is 0 Å². The van der Waals surface area contributed by atoms with Crippen molar-refractivity contribution in [2.24, 2.45) is 11.7 Å². The summed E-state index contributed by atoms with van der Waals surface area (Å²) in [6.07, 6.45) is -5.57. The van der Waals surface area contributed by atoms with Gasteiger partial charge < -0.3 is 19.9 Å². The molecule has 13 heteroatoms. The maximum atomic E-state index is 14.5. The van der Waals surface area contributed by atoms with E-state index in [-0.39, 0.29) is 16.9 Å². The van der Waals surface area contributed by atoms with Crippen molar-refractivity contribution < 1.29 is 45.8 Å². The third-order valence-corrected chi connectivity index (χ3v) is 6.39. The Hall–Kier alpha value is -3.32. The average molecular weight is 517 g/mol. The highest BCUT2D eigenvalue weighted by molar-refractivity contribution is 5.99. The minimum Gasteiger partial charge on any atom is -0.493 e. The highest BCUT2D eigenvalue weighted by Crippen LogP contribution is 2.55. The summed E-state index contributed by atoms with van der Waals surface area (Å²) >= 11 is 0. The maximum Gasteiger partial charge on any atom is 0.417 e. The molecule has 2 amide bonds. The molecular weight excluding hydrogens is 493 g/mol. The van der Waals surface area contributed by atoms with E-state index in [1.54, 1.807) is 0 Å². The molecule has 0 aliphatic carbocycles. The van der Waals surface area contributed by atoms with Gasteiger partial charge >= 0.3 is 6.18 Å². The minimum atomic E-state index is -4.92. The molecular formula is C23H24F5N3O5. The molecule has 0 spiro atoms. The molecule has 1 unspecified atom stereocenters. The van der Waals surface area contributed by atoms with Gasteiger partial charge in [0.05, 0.1) is 7.11 Å². The first-order valence-electron chi connectivity index (χ1n) is 10.6. The second-order valence-electron chi connectivity index (χ2n) is 8.39. The lowest BCUT2D eigenvalue weighted by Gasteiger charge is -2.32. The second kappa shape index (κ2) is 9.97. The number of methoxy groups -OCH3 is 2. The molecule has 1 aromatic carbocycles. The number of nitrogens with two attached hydrogens (primary N) is 1. The first-order chi connectivity index (χ1) is 16.8. The van der Waals surface area contributed by atoms with E-state index < -0.39 is 65.6 Å². The number of aromatic nitrogens is 1. The first kappa shape index (κ1) is 27.3. The van der Waals surface area contributed by atoms with E-state index in [1.807, 2.05) is 0 Å². The monoisotopic (exact) mass is 517 g/mol. The van der Waals surface area contributed by atoms with Gasteiger partial charge in [0.1, 0.15) is 18.5 Å².